The second-order valence-electron chi connectivity index (χ2n) is 6.31. The van der Waals surface area contributed by atoms with Crippen LogP contribution in [-0.2, 0) is 6.54 Å². The van der Waals surface area contributed by atoms with Crippen LogP contribution >= 0.6 is 0 Å². The van der Waals surface area contributed by atoms with Gasteiger partial charge in [-0.1, -0.05) is 12.1 Å². The molecule has 124 valence electrons. The molecule has 0 aliphatic heterocycles. The third-order valence-electron chi connectivity index (χ3n) is 3.16. The minimum absolute atomic E-state index is 0.179. The summed E-state index contributed by atoms with van der Waals surface area (Å²) in [5.41, 5.74) is 6.46. The van der Waals surface area contributed by atoms with Crippen LogP contribution < -0.4 is 20.8 Å². The summed E-state index contributed by atoms with van der Waals surface area (Å²) in [6.07, 6.45) is 1.72. The molecule has 2 N–H and O–H groups in total. The van der Waals surface area contributed by atoms with E-state index in [1.165, 1.54) is 0 Å². The third kappa shape index (κ3) is 5.45. The largest absolute Gasteiger partial charge is 0.490 e. The van der Waals surface area contributed by atoms with E-state index < -0.39 is 5.54 Å². The molecular weight excluding hydrogens is 292 g/mol. The minimum Gasteiger partial charge on any atom is -0.490 e. The second-order valence-corrected chi connectivity index (χ2v) is 6.31. The van der Waals surface area contributed by atoms with Gasteiger partial charge in [0, 0.05) is 18.3 Å². The van der Waals surface area contributed by atoms with Crippen LogP contribution in [0, 0.1) is 6.92 Å². The zero-order chi connectivity index (χ0) is 16.9. The summed E-state index contributed by atoms with van der Waals surface area (Å²) >= 11 is 0. The number of hydrogen-bond acceptors (Lipinski definition) is 4. The Hall–Kier alpha value is -2.27. The number of aryl methyl sites for hydroxylation is 1. The Kier molecular flexibility index (Phi) is 5.45. The van der Waals surface area contributed by atoms with Crippen molar-refractivity contribution >= 4 is 0 Å². The van der Waals surface area contributed by atoms with E-state index in [0.717, 1.165) is 11.3 Å². The Morgan fingerprint density at radius 3 is 2.57 bits per heavy atom. The van der Waals surface area contributed by atoms with Gasteiger partial charge in [0.2, 0.25) is 0 Å². The molecule has 0 atom stereocenters. The standard InChI is InChI=1S/C18H24N2O3/c1-14-6-4-7-15(12-14)22-10-11-23-16-8-5-9-20(17(16)21)13-18(2,3)19/h4-9,12H,10-11,13,19H2,1-3H3. The molecule has 0 spiro atoms. The van der Waals surface area contributed by atoms with E-state index in [2.05, 4.69) is 0 Å². The SMILES string of the molecule is Cc1cccc(OCCOc2cccn(CC(C)(C)N)c2=O)c1. The van der Waals surface area contributed by atoms with E-state index >= 15 is 0 Å². The molecule has 0 aliphatic rings. The summed E-state index contributed by atoms with van der Waals surface area (Å²) < 4.78 is 12.7. The molecule has 0 saturated heterocycles. The number of pyridine rings is 1. The van der Waals surface area contributed by atoms with Crippen LogP contribution in [-0.4, -0.2) is 23.3 Å². The van der Waals surface area contributed by atoms with E-state index in [1.54, 1.807) is 22.9 Å². The van der Waals surface area contributed by atoms with Gasteiger partial charge in [-0.3, -0.25) is 4.79 Å². The van der Waals surface area contributed by atoms with Crippen molar-refractivity contribution in [1.82, 2.24) is 4.57 Å². The summed E-state index contributed by atoms with van der Waals surface area (Å²) in [6.45, 7) is 6.88. The topological polar surface area (TPSA) is 66.5 Å². The molecule has 1 heterocycles. The van der Waals surface area contributed by atoms with Crippen molar-refractivity contribution in [3.8, 4) is 11.5 Å². The summed E-state index contributed by atoms with van der Waals surface area (Å²) in [6, 6.07) is 11.2. The van der Waals surface area contributed by atoms with Gasteiger partial charge in [-0.2, -0.15) is 0 Å². The minimum atomic E-state index is -0.462. The van der Waals surface area contributed by atoms with Crippen LogP contribution in [0.15, 0.2) is 47.4 Å². The molecule has 23 heavy (non-hydrogen) atoms. The highest BCUT2D eigenvalue weighted by molar-refractivity contribution is 5.27. The molecule has 0 bridgehead atoms. The lowest BCUT2D eigenvalue weighted by molar-refractivity contribution is 0.214. The smallest absolute Gasteiger partial charge is 0.292 e. The third-order valence-corrected chi connectivity index (χ3v) is 3.16. The van der Waals surface area contributed by atoms with Gasteiger partial charge in [-0.15, -0.1) is 0 Å². The number of rotatable bonds is 7. The van der Waals surface area contributed by atoms with Gasteiger partial charge in [0.1, 0.15) is 19.0 Å². The zero-order valence-corrected chi connectivity index (χ0v) is 13.9. The number of benzene rings is 1. The maximum absolute atomic E-state index is 12.3. The molecule has 1 aromatic heterocycles. The van der Waals surface area contributed by atoms with Gasteiger partial charge in [0.25, 0.3) is 5.56 Å². The van der Waals surface area contributed by atoms with E-state index in [9.17, 15) is 4.79 Å². The summed E-state index contributed by atoms with van der Waals surface area (Å²) in [4.78, 5) is 12.3. The highest BCUT2D eigenvalue weighted by Crippen LogP contribution is 2.12. The molecule has 2 rings (SSSR count). The normalized spacial score (nSPS) is 11.3. The van der Waals surface area contributed by atoms with Gasteiger partial charge < -0.3 is 19.8 Å². The lowest BCUT2D eigenvalue weighted by Crippen LogP contribution is -2.40. The zero-order valence-electron chi connectivity index (χ0n) is 13.9. The van der Waals surface area contributed by atoms with Crippen molar-refractivity contribution < 1.29 is 9.47 Å². The van der Waals surface area contributed by atoms with Crippen molar-refractivity contribution in [1.29, 1.82) is 0 Å². The molecule has 5 nitrogen and oxygen atoms in total. The summed E-state index contributed by atoms with van der Waals surface area (Å²) in [7, 11) is 0. The van der Waals surface area contributed by atoms with Crippen LogP contribution in [0.3, 0.4) is 0 Å². The predicted molar refractivity (Wildman–Crippen MR) is 91.1 cm³/mol. The lowest BCUT2D eigenvalue weighted by Gasteiger charge is -2.20. The fraction of sp³-hybridized carbons (Fsp3) is 0.389. The molecule has 0 radical (unpaired) electrons. The molecule has 1 aromatic carbocycles. The Bertz CT molecular complexity index is 702. The van der Waals surface area contributed by atoms with E-state index in [0.29, 0.717) is 25.5 Å². The average molecular weight is 316 g/mol. The molecule has 0 fully saturated rings. The number of hydrogen-bond donors (Lipinski definition) is 1. The van der Waals surface area contributed by atoms with Crippen molar-refractivity contribution in [2.75, 3.05) is 13.2 Å². The Morgan fingerprint density at radius 2 is 1.87 bits per heavy atom. The first-order chi connectivity index (χ1) is 10.8. The van der Waals surface area contributed by atoms with Crippen LogP contribution in [0.5, 0.6) is 11.5 Å². The molecule has 0 unspecified atom stereocenters. The number of aromatic nitrogens is 1. The van der Waals surface area contributed by atoms with Gasteiger partial charge in [-0.25, -0.2) is 0 Å². The monoisotopic (exact) mass is 316 g/mol. The first-order valence-corrected chi connectivity index (χ1v) is 7.66. The van der Waals surface area contributed by atoms with Gasteiger partial charge >= 0.3 is 0 Å². The molecule has 5 heteroatoms. The van der Waals surface area contributed by atoms with Gasteiger partial charge in [0.15, 0.2) is 5.75 Å². The molecular formula is C18H24N2O3. The van der Waals surface area contributed by atoms with E-state index in [1.807, 2.05) is 45.0 Å². The highest BCUT2D eigenvalue weighted by atomic mass is 16.5. The molecule has 0 saturated carbocycles. The van der Waals surface area contributed by atoms with Gasteiger partial charge in [-0.05, 0) is 50.6 Å². The van der Waals surface area contributed by atoms with Crippen LogP contribution in [0.25, 0.3) is 0 Å². The van der Waals surface area contributed by atoms with Crippen LogP contribution in [0.2, 0.25) is 0 Å². The van der Waals surface area contributed by atoms with E-state index in [4.69, 9.17) is 15.2 Å². The quantitative estimate of drug-likeness (QED) is 0.796. The first-order valence-electron chi connectivity index (χ1n) is 7.66. The average Bonchev–Trinajstić information content (AvgIpc) is 2.46. The molecule has 2 aromatic rings. The number of nitrogens with two attached hydrogens (primary N) is 1. The predicted octanol–water partition coefficient (Wildman–Crippen LogP) is 2.35. The van der Waals surface area contributed by atoms with E-state index in [-0.39, 0.29) is 5.56 Å². The second kappa shape index (κ2) is 7.33. The number of ether oxygens (including phenoxy) is 2. The Balaban J connectivity index is 1.91. The molecule has 0 amide bonds. The van der Waals surface area contributed by atoms with Crippen molar-refractivity contribution in [3.05, 3.63) is 58.5 Å². The summed E-state index contributed by atoms with van der Waals surface area (Å²) in [5, 5.41) is 0. The lowest BCUT2D eigenvalue weighted by atomic mass is 10.1. The summed E-state index contributed by atoms with van der Waals surface area (Å²) in [5.74, 6) is 1.11. The Labute approximate surface area is 136 Å². The fourth-order valence-electron chi connectivity index (χ4n) is 2.20. The highest BCUT2D eigenvalue weighted by Gasteiger charge is 2.14. The van der Waals surface area contributed by atoms with Gasteiger partial charge in [0.05, 0.1) is 0 Å². The Morgan fingerprint density at radius 1 is 1.13 bits per heavy atom. The van der Waals surface area contributed by atoms with Crippen LogP contribution in [0.4, 0.5) is 0 Å². The van der Waals surface area contributed by atoms with Crippen LogP contribution in [0.1, 0.15) is 19.4 Å². The van der Waals surface area contributed by atoms with Crippen molar-refractivity contribution in [2.24, 2.45) is 5.73 Å². The molecule has 0 aliphatic carbocycles. The van der Waals surface area contributed by atoms with Crippen molar-refractivity contribution in [2.45, 2.75) is 32.9 Å². The first kappa shape index (κ1) is 17.1. The number of nitrogens with zero attached hydrogens (tertiary/aromatic N) is 1. The van der Waals surface area contributed by atoms with Crippen molar-refractivity contribution in [3.63, 3.8) is 0 Å². The fourth-order valence-corrected chi connectivity index (χ4v) is 2.20. The maximum atomic E-state index is 12.3. The maximum Gasteiger partial charge on any atom is 0.292 e.